The zero-order valence-corrected chi connectivity index (χ0v) is 6.44. The quantitative estimate of drug-likeness (QED) is 0.375. The van der Waals surface area contributed by atoms with Gasteiger partial charge in [-0.2, -0.15) is 0 Å². The van der Waals surface area contributed by atoms with Crippen LogP contribution in [-0.2, 0) is 4.74 Å². The lowest BCUT2D eigenvalue weighted by atomic mass is 10.1. The summed E-state index contributed by atoms with van der Waals surface area (Å²) in [4.78, 5) is 0. The Morgan fingerprint density at radius 3 is 1.82 bits per heavy atom. The predicted molar refractivity (Wildman–Crippen MR) is 37.2 cm³/mol. The average molecular weight is 187 g/mol. The minimum absolute atomic E-state index is 0. The van der Waals surface area contributed by atoms with Gasteiger partial charge in [-0.3, -0.25) is 0 Å². The molecule has 1 aliphatic rings. The third kappa shape index (κ3) is 2.02. The SMILES string of the molecule is Cl.OC[C@H]1OC(O)[C@@H](O)[C@@H]1O. The van der Waals surface area contributed by atoms with Gasteiger partial charge in [-0.15, -0.1) is 12.4 Å². The van der Waals surface area contributed by atoms with Crippen molar-refractivity contribution in [3.63, 3.8) is 0 Å². The summed E-state index contributed by atoms with van der Waals surface area (Å²) in [5.74, 6) is 0. The summed E-state index contributed by atoms with van der Waals surface area (Å²) in [6.07, 6.45) is -4.76. The molecule has 1 heterocycles. The number of rotatable bonds is 1. The molecule has 68 valence electrons. The topological polar surface area (TPSA) is 90.2 Å². The highest BCUT2D eigenvalue weighted by molar-refractivity contribution is 5.85. The lowest BCUT2D eigenvalue weighted by Crippen LogP contribution is -2.33. The third-order valence-electron chi connectivity index (χ3n) is 1.52. The molecular formula is C5H11ClO5. The van der Waals surface area contributed by atoms with Crippen molar-refractivity contribution in [1.82, 2.24) is 0 Å². The van der Waals surface area contributed by atoms with Crippen molar-refractivity contribution in [3.8, 4) is 0 Å². The molecule has 0 spiro atoms. The maximum atomic E-state index is 8.93. The summed E-state index contributed by atoms with van der Waals surface area (Å²) in [5, 5.41) is 35.0. The minimum atomic E-state index is -1.38. The van der Waals surface area contributed by atoms with E-state index in [0.29, 0.717) is 0 Å². The molecule has 4 N–H and O–H groups in total. The number of hydrogen-bond donors (Lipinski definition) is 4. The van der Waals surface area contributed by atoms with Gasteiger partial charge in [0.15, 0.2) is 6.29 Å². The molecule has 0 aromatic heterocycles. The van der Waals surface area contributed by atoms with Gasteiger partial charge < -0.3 is 25.2 Å². The highest BCUT2D eigenvalue weighted by Gasteiger charge is 2.41. The van der Waals surface area contributed by atoms with Gasteiger partial charge in [-0.1, -0.05) is 0 Å². The molecule has 1 unspecified atom stereocenters. The van der Waals surface area contributed by atoms with E-state index in [1.165, 1.54) is 0 Å². The lowest BCUT2D eigenvalue weighted by Gasteiger charge is -2.09. The van der Waals surface area contributed by atoms with Crippen LogP contribution in [0.2, 0.25) is 0 Å². The average Bonchev–Trinajstić information content (AvgIpc) is 2.17. The first-order valence-electron chi connectivity index (χ1n) is 2.97. The van der Waals surface area contributed by atoms with Crippen molar-refractivity contribution in [2.75, 3.05) is 6.61 Å². The fourth-order valence-corrected chi connectivity index (χ4v) is 0.880. The zero-order valence-electron chi connectivity index (χ0n) is 5.62. The van der Waals surface area contributed by atoms with E-state index in [1.807, 2.05) is 0 Å². The molecule has 1 saturated heterocycles. The first-order valence-corrected chi connectivity index (χ1v) is 2.97. The Kier molecular flexibility index (Phi) is 4.23. The van der Waals surface area contributed by atoms with Crippen molar-refractivity contribution in [2.24, 2.45) is 0 Å². The van der Waals surface area contributed by atoms with Crippen LogP contribution in [0.5, 0.6) is 0 Å². The summed E-state index contributed by atoms with van der Waals surface area (Å²) >= 11 is 0. The van der Waals surface area contributed by atoms with Crippen LogP contribution in [0.4, 0.5) is 0 Å². The van der Waals surface area contributed by atoms with Gasteiger partial charge in [0, 0.05) is 0 Å². The molecule has 0 bridgehead atoms. The number of ether oxygens (including phenoxy) is 1. The molecule has 0 aromatic rings. The molecule has 0 aromatic carbocycles. The van der Waals surface area contributed by atoms with Crippen molar-refractivity contribution < 1.29 is 25.2 Å². The fraction of sp³-hybridized carbons (Fsp3) is 1.00. The van der Waals surface area contributed by atoms with Gasteiger partial charge >= 0.3 is 0 Å². The van der Waals surface area contributed by atoms with E-state index < -0.39 is 31.2 Å². The highest BCUT2D eigenvalue weighted by Crippen LogP contribution is 2.18. The van der Waals surface area contributed by atoms with E-state index in [2.05, 4.69) is 4.74 Å². The molecule has 4 atom stereocenters. The van der Waals surface area contributed by atoms with Crippen LogP contribution in [0, 0.1) is 0 Å². The van der Waals surface area contributed by atoms with Gasteiger partial charge in [0.25, 0.3) is 0 Å². The Labute approximate surface area is 69.6 Å². The molecule has 1 aliphatic heterocycles. The molecule has 0 amide bonds. The van der Waals surface area contributed by atoms with Gasteiger partial charge in [0.2, 0.25) is 0 Å². The predicted octanol–water partition coefficient (Wildman–Crippen LogP) is -2.16. The van der Waals surface area contributed by atoms with Gasteiger partial charge in [-0.25, -0.2) is 0 Å². The normalized spacial score (nSPS) is 43.6. The zero-order chi connectivity index (χ0) is 7.72. The van der Waals surface area contributed by atoms with Crippen LogP contribution in [0.25, 0.3) is 0 Å². The summed E-state index contributed by atoms with van der Waals surface area (Å²) in [6, 6.07) is 0. The minimum Gasteiger partial charge on any atom is -0.394 e. The van der Waals surface area contributed by atoms with E-state index >= 15 is 0 Å². The van der Waals surface area contributed by atoms with Crippen LogP contribution >= 0.6 is 12.4 Å². The van der Waals surface area contributed by atoms with Crippen molar-refractivity contribution in [3.05, 3.63) is 0 Å². The molecule has 5 nitrogen and oxygen atoms in total. The first kappa shape index (κ1) is 11.1. The molecule has 11 heavy (non-hydrogen) atoms. The second kappa shape index (κ2) is 4.20. The van der Waals surface area contributed by atoms with Crippen LogP contribution < -0.4 is 0 Å². The van der Waals surface area contributed by atoms with Crippen molar-refractivity contribution >= 4 is 12.4 Å². The molecule has 0 radical (unpaired) electrons. The summed E-state index contributed by atoms with van der Waals surface area (Å²) < 4.78 is 4.54. The largest absolute Gasteiger partial charge is 0.394 e. The highest BCUT2D eigenvalue weighted by atomic mass is 35.5. The van der Waals surface area contributed by atoms with Gasteiger partial charge in [-0.05, 0) is 0 Å². The molecule has 1 rings (SSSR count). The monoisotopic (exact) mass is 186 g/mol. The standard InChI is InChI=1S/C5H10O5.ClH/c6-1-2-3(7)4(8)5(9)10-2;/h2-9H,1H2;1H/t2-,3-,4+,5?;/m1./s1. The smallest absolute Gasteiger partial charge is 0.184 e. The van der Waals surface area contributed by atoms with Gasteiger partial charge in [0.05, 0.1) is 6.61 Å². The van der Waals surface area contributed by atoms with E-state index in [1.54, 1.807) is 0 Å². The van der Waals surface area contributed by atoms with Crippen LogP contribution in [0.3, 0.4) is 0 Å². The summed E-state index contributed by atoms with van der Waals surface area (Å²) in [5.41, 5.74) is 0. The maximum Gasteiger partial charge on any atom is 0.184 e. The Bertz CT molecular complexity index is 121. The Morgan fingerprint density at radius 2 is 1.64 bits per heavy atom. The summed E-state index contributed by atoms with van der Waals surface area (Å²) in [6.45, 7) is -0.407. The van der Waals surface area contributed by atoms with Crippen LogP contribution in [0.15, 0.2) is 0 Å². The number of halogens is 1. The third-order valence-corrected chi connectivity index (χ3v) is 1.52. The Morgan fingerprint density at radius 1 is 1.09 bits per heavy atom. The molecule has 6 heteroatoms. The first-order chi connectivity index (χ1) is 4.66. The van der Waals surface area contributed by atoms with E-state index in [9.17, 15) is 0 Å². The second-order valence-corrected chi connectivity index (χ2v) is 2.23. The number of aliphatic hydroxyl groups excluding tert-OH is 4. The molecular weight excluding hydrogens is 176 g/mol. The van der Waals surface area contributed by atoms with Crippen LogP contribution in [0.1, 0.15) is 0 Å². The van der Waals surface area contributed by atoms with Gasteiger partial charge in [0.1, 0.15) is 18.3 Å². The number of aliphatic hydroxyl groups is 4. The van der Waals surface area contributed by atoms with Crippen molar-refractivity contribution in [1.29, 1.82) is 0 Å². The Balaban J connectivity index is 0.000001000. The maximum absolute atomic E-state index is 8.93. The van der Waals surface area contributed by atoms with E-state index in [4.69, 9.17) is 20.4 Å². The molecule has 0 aliphatic carbocycles. The second-order valence-electron chi connectivity index (χ2n) is 2.23. The lowest BCUT2D eigenvalue weighted by molar-refractivity contribution is -0.132. The van der Waals surface area contributed by atoms with E-state index in [0.717, 1.165) is 0 Å². The number of hydrogen-bond acceptors (Lipinski definition) is 5. The Hall–Kier alpha value is 0.0900. The summed E-state index contributed by atoms with van der Waals surface area (Å²) in [7, 11) is 0. The fourth-order valence-electron chi connectivity index (χ4n) is 0.880. The van der Waals surface area contributed by atoms with Crippen LogP contribution in [-0.4, -0.2) is 51.6 Å². The molecule has 0 saturated carbocycles. The van der Waals surface area contributed by atoms with E-state index in [-0.39, 0.29) is 12.4 Å². The van der Waals surface area contributed by atoms with Crippen molar-refractivity contribution in [2.45, 2.75) is 24.6 Å². The molecule has 1 fully saturated rings.